The van der Waals surface area contributed by atoms with Crippen molar-refractivity contribution in [1.82, 2.24) is 4.57 Å². The minimum Gasteiger partial charge on any atom is -0.455 e. The van der Waals surface area contributed by atoms with E-state index in [2.05, 4.69) is 271 Å². The largest absolute Gasteiger partial charge is 0.455 e. The maximum absolute atomic E-state index is 7.44. The Bertz CT molecular complexity index is 4000. The van der Waals surface area contributed by atoms with E-state index in [-0.39, 0.29) is 39.3 Å². The monoisotopic (exact) mass is 1010 g/mol. The molecule has 0 radical (unpaired) electrons. The summed E-state index contributed by atoms with van der Waals surface area (Å²) in [5, 5.41) is 4.89. The van der Waals surface area contributed by atoms with Crippen molar-refractivity contribution in [1.29, 1.82) is 0 Å². The number of hydrogen-bond acceptors (Lipinski definition) is 3. The van der Waals surface area contributed by atoms with Gasteiger partial charge < -0.3 is 18.7 Å². The molecule has 0 saturated heterocycles. The number of aromatic nitrogens is 1. The maximum Gasteiger partial charge on any atom is 0.333 e. The molecule has 388 valence electrons. The summed E-state index contributed by atoms with van der Waals surface area (Å²) in [6, 6.07) is 56.8. The third kappa shape index (κ3) is 7.52. The average Bonchev–Trinajstić information content (AvgIpc) is 3.50. The third-order valence-electron chi connectivity index (χ3n) is 18.3. The molecular formula is C72H76BN3O. The number of fused-ring (bicyclic) bond motifs is 14. The third-order valence-corrected chi connectivity index (χ3v) is 18.3. The summed E-state index contributed by atoms with van der Waals surface area (Å²) in [4.78, 5) is 5.20. The lowest BCUT2D eigenvalue weighted by Gasteiger charge is -2.46. The van der Waals surface area contributed by atoms with Crippen LogP contribution in [0.5, 0.6) is 0 Å². The molecule has 0 N–H and O–H groups in total. The second-order valence-electron chi connectivity index (χ2n) is 28.6. The van der Waals surface area contributed by atoms with Gasteiger partial charge in [-0.15, -0.1) is 0 Å². The number of furan rings is 1. The summed E-state index contributed by atoms with van der Waals surface area (Å²) in [7, 11) is 0. The first-order chi connectivity index (χ1) is 36.2. The van der Waals surface area contributed by atoms with Crippen LogP contribution in [0.2, 0.25) is 0 Å². The molecule has 2 aliphatic heterocycles. The van der Waals surface area contributed by atoms with Crippen LogP contribution in [0, 0.1) is 0 Å². The number of rotatable bonds is 4. The molecule has 0 atom stereocenters. The molecule has 4 heterocycles. The summed E-state index contributed by atoms with van der Waals surface area (Å²) < 4.78 is 10.1. The van der Waals surface area contributed by atoms with E-state index in [1.807, 2.05) is 0 Å². The van der Waals surface area contributed by atoms with Gasteiger partial charge in [-0.05, 0) is 169 Å². The molecule has 77 heavy (non-hydrogen) atoms. The van der Waals surface area contributed by atoms with Gasteiger partial charge in [0.05, 0.1) is 11.0 Å². The minimum atomic E-state index is -0.190. The highest BCUT2D eigenvalue weighted by molar-refractivity contribution is 6.94. The Labute approximate surface area is 458 Å². The zero-order valence-corrected chi connectivity index (χ0v) is 48.6. The first-order valence-corrected chi connectivity index (χ1v) is 28.4. The van der Waals surface area contributed by atoms with Crippen molar-refractivity contribution in [3.8, 4) is 16.8 Å². The summed E-state index contributed by atoms with van der Waals surface area (Å²) in [5.74, 6) is 0. The van der Waals surface area contributed by atoms with Crippen molar-refractivity contribution in [2.45, 2.75) is 156 Å². The first kappa shape index (κ1) is 49.6. The van der Waals surface area contributed by atoms with Crippen molar-refractivity contribution in [2.24, 2.45) is 0 Å². The molecule has 1 aliphatic carbocycles. The Kier molecular flexibility index (Phi) is 10.5. The highest BCUT2D eigenvalue weighted by Gasteiger charge is 2.48. The predicted molar refractivity (Wildman–Crippen MR) is 332 cm³/mol. The predicted octanol–water partition coefficient (Wildman–Crippen LogP) is 18.9. The van der Waals surface area contributed by atoms with E-state index in [4.69, 9.17) is 4.42 Å². The van der Waals surface area contributed by atoms with Crippen LogP contribution in [0.25, 0.3) is 60.6 Å². The van der Waals surface area contributed by atoms with Crippen LogP contribution >= 0.6 is 0 Å². The second-order valence-corrected chi connectivity index (χ2v) is 28.6. The Balaban J connectivity index is 1.20. The SMILES string of the molecule is CC(C)(C)c1ccc(N2B3c4ccc(N(c5ccc(C(C)(C)C)cc5)c5ccc(C(C)(C)C)cc5)cc4-n4c5ccc(C(C)(C)C)cc5c5c6c(oc7ccccc76)c(c3c54)-c3cc4c(cc32)C(C)(C)CCC4(C)C)cc1. The molecule has 0 fully saturated rings. The molecule has 0 saturated carbocycles. The highest BCUT2D eigenvalue weighted by Crippen LogP contribution is 2.56. The van der Waals surface area contributed by atoms with Crippen LogP contribution in [0.15, 0.2) is 150 Å². The fourth-order valence-electron chi connectivity index (χ4n) is 13.5. The summed E-state index contributed by atoms with van der Waals surface area (Å²) >= 11 is 0. The van der Waals surface area contributed by atoms with Gasteiger partial charge in [-0.25, -0.2) is 0 Å². The fraction of sp³-hybridized carbons (Fsp3) is 0.333. The van der Waals surface area contributed by atoms with E-state index in [1.165, 1.54) is 99.7 Å². The number of anilines is 5. The van der Waals surface area contributed by atoms with Crippen LogP contribution < -0.4 is 20.6 Å². The quantitative estimate of drug-likeness (QED) is 0.164. The normalized spacial score (nSPS) is 15.8. The van der Waals surface area contributed by atoms with Crippen LogP contribution in [0.4, 0.5) is 28.4 Å². The van der Waals surface area contributed by atoms with E-state index in [0.717, 1.165) is 46.5 Å². The van der Waals surface area contributed by atoms with E-state index >= 15 is 0 Å². The topological polar surface area (TPSA) is 24.6 Å². The zero-order valence-electron chi connectivity index (χ0n) is 48.6. The molecule has 10 aromatic rings. The fourth-order valence-corrected chi connectivity index (χ4v) is 13.5. The number of nitrogens with zero attached hydrogens (tertiary/aromatic N) is 3. The number of benzene rings is 8. The lowest BCUT2D eigenvalue weighted by molar-refractivity contribution is 0.332. The van der Waals surface area contributed by atoms with Gasteiger partial charge >= 0.3 is 6.85 Å². The average molecular weight is 1010 g/mol. The molecule has 0 amide bonds. The van der Waals surface area contributed by atoms with Gasteiger partial charge in [0.15, 0.2) is 0 Å². The summed E-state index contributed by atoms with van der Waals surface area (Å²) in [5.41, 5.74) is 24.6. The van der Waals surface area contributed by atoms with Gasteiger partial charge in [0, 0.05) is 66.8 Å². The van der Waals surface area contributed by atoms with Gasteiger partial charge in [0.2, 0.25) is 0 Å². The van der Waals surface area contributed by atoms with Gasteiger partial charge in [-0.1, -0.05) is 178 Å². The van der Waals surface area contributed by atoms with E-state index in [0.29, 0.717) is 0 Å². The van der Waals surface area contributed by atoms with Gasteiger partial charge in [0.1, 0.15) is 11.2 Å². The van der Waals surface area contributed by atoms with E-state index in [1.54, 1.807) is 0 Å². The lowest BCUT2D eigenvalue weighted by atomic mass is 9.43. The highest BCUT2D eigenvalue weighted by atomic mass is 16.3. The molecule has 0 unspecified atom stereocenters. The Hall–Kier alpha value is -6.98. The molecule has 4 nitrogen and oxygen atoms in total. The molecular weight excluding hydrogens is 934 g/mol. The van der Waals surface area contributed by atoms with Gasteiger partial charge in [-0.3, -0.25) is 0 Å². The molecule has 3 aliphatic rings. The van der Waals surface area contributed by atoms with Crippen molar-refractivity contribution in [2.75, 3.05) is 9.71 Å². The van der Waals surface area contributed by atoms with Crippen molar-refractivity contribution in [3.05, 3.63) is 179 Å². The van der Waals surface area contributed by atoms with Crippen LogP contribution in [-0.4, -0.2) is 11.4 Å². The number of para-hydroxylation sites is 1. The maximum atomic E-state index is 7.44. The smallest absolute Gasteiger partial charge is 0.333 e. The Morgan fingerprint density at radius 1 is 0.494 bits per heavy atom. The minimum absolute atomic E-state index is 0.00247. The molecule has 0 bridgehead atoms. The van der Waals surface area contributed by atoms with Gasteiger partial charge in [0.25, 0.3) is 0 Å². The van der Waals surface area contributed by atoms with Crippen molar-refractivity contribution >= 4 is 90.0 Å². The standard InChI is InChI=1S/C72H76BN3O/c1-67(2,3)43-21-28-47(29-22-43)74(48-30-23-44(24-31-48)68(4,5)6)50-34-35-56-59(40-50)75-57-36-27-46(70(10,11)12)39-52(57)61-62-51-19-17-18-20-60(51)77-66(62)63-53-41-54-55(72(15,16)38-37-71(54,13)14)42-58(53)76(73(56)64(63)65(61)75)49-32-25-45(26-33-49)69(7,8)9/h17-36,39-42H,37-38H2,1-16H3. The van der Waals surface area contributed by atoms with Gasteiger partial charge in [-0.2, -0.15) is 0 Å². The number of hydrogen-bond donors (Lipinski definition) is 0. The van der Waals surface area contributed by atoms with E-state index in [9.17, 15) is 0 Å². The zero-order chi connectivity index (χ0) is 54.3. The molecule has 13 rings (SSSR count). The molecule has 8 aromatic carbocycles. The molecule has 5 heteroatoms. The lowest BCUT2D eigenvalue weighted by Crippen LogP contribution is -2.60. The molecule has 2 aromatic heterocycles. The summed E-state index contributed by atoms with van der Waals surface area (Å²) in [6.07, 6.45) is 2.27. The van der Waals surface area contributed by atoms with Crippen LogP contribution in [0.1, 0.15) is 157 Å². The first-order valence-electron chi connectivity index (χ1n) is 28.4. The van der Waals surface area contributed by atoms with Crippen molar-refractivity contribution in [3.63, 3.8) is 0 Å². The summed E-state index contributed by atoms with van der Waals surface area (Å²) in [6.45, 7) is 37.4. The van der Waals surface area contributed by atoms with Crippen LogP contribution in [0.3, 0.4) is 0 Å². The van der Waals surface area contributed by atoms with Crippen LogP contribution in [-0.2, 0) is 32.5 Å². The Morgan fingerprint density at radius 2 is 1.01 bits per heavy atom. The van der Waals surface area contributed by atoms with Crippen molar-refractivity contribution < 1.29 is 4.42 Å². The van der Waals surface area contributed by atoms with E-state index < -0.39 is 0 Å². The molecule has 0 spiro atoms. The second kappa shape index (κ2) is 16.3. The Morgan fingerprint density at radius 3 is 1.58 bits per heavy atom.